The van der Waals surface area contributed by atoms with Gasteiger partial charge in [-0.25, -0.2) is 8.93 Å². The van der Waals surface area contributed by atoms with Crippen molar-refractivity contribution >= 4 is 28.7 Å². The first-order valence-electron chi connectivity index (χ1n) is 7.00. The second kappa shape index (κ2) is 7.67. The van der Waals surface area contributed by atoms with Gasteiger partial charge in [0.05, 0.1) is 15.7 Å². The van der Waals surface area contributed by atoms with Crippen LogP contribution >= 0.6 is 11.6 Å². The summed E-state index contributed by atoms with van der Waals surface area (Å²) in [5.74, 6) is 0. The van der Waals surface area contributed by atoms with Crippen molar-refractivity contribution in [3.8, 4) is 0 Å². The lowest BCUT2D eigenvalue weighted by atomic mass is 9.99. The van der Waals surface area contributed by atoms with Crippen molar-refractivity contribution in [2.24, 2.45) is 0 Å². The zero-order valence-corrected chi connectivity index (χ0v) is 15.0. The molecule has 0 aliphatic heterocycles. The van der Waals surface area contributed by atoms with Crippen LogP contribution in [0.5, 0.6) is 0 Å². The topological polar surface area (TPSA) is 72.2 Å². The summed E-state index contributed by atoms with van der Waals surface area (Å²) in [7, 11) is -2.00. The summed E-state index contributed by atoms with van der Waals surface area (Å²) in [5, 5.41) is 6.91. The standard InChI is InChI=1S/C15H19ClF2N2O3S/c1-13(2,3)24(23)19-14(11-20(21)22,15(16,17)18)10-9-12-7-5-4-6-8-12/h4-10,19H,11H2,1-3H3/b10-9+/t14-,24?/m0/s1. The second-order valence-corrected chi connectivity index (χ2v) is 8.63. The van der Waals surface area contributed by atoms with Crippen molar-refractivity contribution in [2.75, 3.05) is 6.54 Å². The van der Waals surface area contributed by atoms with E-state index in [2.05, 4.69) is 4.72 Å². The van der Waals surface area contributed by atoms with E-state index >= 15 is 0 Å². The second-order valence-electron chi connectivity index (χ2n) is 6.19. The molecule has 1 aromatic carbocycles. The number of alkyl halides is 3. The van der Waals surface area contributed by atoms with Gasteiger partial charge in [0.15, 0.2) is 5.54 Å². The van der Waals surface area contributed by atoms with Crippen molar-refractivity contribution in [1.82, 2.24) is 4.72 Å². The van der Waals surface area contributed by atoms with Gasteiger partial charge < -0.3 is 0 Å². The lowest BCUT2D eigenvalue weighted by molar-refractivity contribution is -0.491. The minimum absolute atomic E-state index is 0.550. The predicted molar refractivity (Wildman–Crippen MR) is 91.9 cm³/mol. The molecule has 0 aliphatic carbocycles. The molecule has 0 radical (unpaired) electrons. The molecule has 24 heavy (non-hydrogen) atoms. The lowest BCUT2D eigenvalue weighted by Crippen LogP contribution is -2.61. The highest BCUT2D eigenvalue weighted by Gasteiger charge is 2.56. The Morgan fingerprint density at radius 2 is 1.83 bits per heavy atom. The Hall–Kier alpha value is -1.38. The van der Waals surface area contributed by atoms with Gasteiger partial charge in [0.25, 0.3) is 0 Å². The summed E-state index contributed by atoms with van der Waals surface area (Å²) in [5.41, 5.74) is -2.05. The van der Waals surface area contributed by atoms with Crippen molar-refractivity contribution in [3.63, 3.8) is 0 Å². The summed E-state index contributed by atoms with van der Waals surface area (Å²) in [6.07, 6.45) is 2.19. The Balaban J connectivity index is 3.33. The van der Waals surface area contributed by atoms with Crippen molar-refractivity contribution in [2.45, 2.75) is 36.4 Å². The van der Waals surface area contributed by atoms with Crippen LogP contribution in [0.3, 0.4) is 0 Å². The molecule has 1 unspecified atom stereocenters. The average molecular weight is 381 g/mol. The number of hydrogen-bond donors (Lipinski definition) is 1. The van der Waals surface area contributed by atoms with Gasteiger partial charge in [0.2, 0.25) is 6.54 Å². The Morgan fingerprint density at radius 1 is 1.29 bits per heavy atom. The number of nitrogens with zero attached hydrogens (tertiary/aromatic N) is 1. The van der Waals surface area contributed by atoms with E-state index in [1.807, 2.05) is 0 Å². The van der Waals surface area contributed by atoms with Gasteiger partial charge >= 0.3 is 5.38 Å². The van der Waals surface area contributed by atoms with Crippen LogP contribution in [0.1, 0.15) is 26.3 Å². The van der Waals surface area contributed by atoms with Gasteiger partial charge in [0.1, 0.15) is 0 Å². The van der Waals surface area contributed by atoms with Crippen molar-refractivity contribution < 1.29 is 17.9 Å². The predicted octanol–water partition coefficient (Wildman–Crippen LogP) is 3.60. The molecule has 134 valence electrons. The molecule has 2 atom stereocenters. The number of nitro groups is 1. The molecular formula is C15H19ClF2N2O3S. The molecular weight excluding hydrogens is 362 g/mol. The Labute approximate surface area is 146 Å². The highest BCUT2D eigenvalue weighted by atomic mass is 35.5. The molecule has 0 amide bonds. The maximum Gasteiger partial charge on any atom is 0.350 e. The van der Waals surface area contributed by atoms with Crippen molar-refractivity contribution in [3.05, 3.63) is 52.1 Å². The molecule has 0 spiro atoms. The quantitative estimate of drug-likeness (QED) is 0.446. The van der Waals surface area contributed by atoms with E-state index in [1.165, 1.54) is 6.08 Å². The third-order valence-corrected chi connectivity index (χ3v) is 5.07. The smallest absolute Gasteiger partial charge is 0.264 e. The minimum atomic E-state index is -4.04. The summed E-state index contributed by atoms with van der Waals surface area (Å²) in [6, 6.07) is 8.40. The number of halogens is 3. The highest BCUT2D eigenvalue weighted by Crippen LogP contribution is 2.36. The molecule has 5 nitrogen and oxygen atoms in total. The average Bonchev–Trinajstić information content (AvgIpc) is 2.43. The molecule has 0 heterocycles. The normalized spacial score (nSPS) is 16.8. The van der Waals surface area contributed by atoms with E-state index in [0.29, 0.717) is 5.56 Å². The van der Waals surface area contributed by atoms with Crippen LogP contribution < -0.4 is 4.72 Å². The van der Waals surface area contributed by atoms with Gasteiger partial charge in [0, 0.05) is 4.92 Å². The fraction of sp³-hybridized carbons (Fsp3) is 0.467. The largest absolute Gasteiger partial charge is 0.350 e. The molecule has 0 saturated carbocycles. The summed E-state index contributed by atoms with van der Waals surface area (Å²) in [6.45, 7) is 3.44. The number of nitrogens with one attached hydrogen (secondary N) is 1. The van der Waals surface area contributed by atoms with Gasteiger partial charge in [-0.05, 0) is 44.0 Å². The maximum atomic E-state index is 14.1. The molecule has 0 aliphatic rings. The zero-order valence-electron chi connectivity index (χ0n) is 13.5. The molecule has 9 heteroatoms. The molecule has 0 aromatic heterocycles. The molecule has 1 aromatic rings. The Bertz CT molecular complexity index is 630. The van der Waals surface area contributed by atoms with Crippen molar-refractivity contribution in [1.29, 1.82) is 0 Å². The number of benzene rings is 1. The van der Waals surface area contributed by atoms with Crippen LogP contribution in [0.4, 0.5) is 8.78 Å². The SMILES string of the molecule is CC(C)(C)S(=O)N[C@@](/C=C/c1ccccc1)(C[N+](=O)[O-])C(F)(F)Cl. The first-order valence-corrected chi connectivity index (χ1v) is 8.53. The van der Waals surface area contributed by atoms with Crippen LogP contribution in [0.2, 0.25) is 0 Å². The van der Waals surface area contributed by atoms with Crippen LogP contribution in [-0.2, 0) is 11.0 Å². The Morgan fingerprint density at radius 3 is 2.25 bits per heavy atom. The van der Waals surface area contributed by atoms with Crippen LogP contribution in [-0.4, -0.2) is 31.3 Å². The van der Waals surface area contributed by atoms with Gasteiger partial charge in [-0.3, -0.25) is 10.1 Å². The van der Waals surface area contributed by atoms with Crippen LogP contribution in [0, 0.1) is 10.1 Å². The number of hydrogen-bond acceptors (Lipinski definition) is 3. The first kappa shape index (κ1) is 20.7. The minimum Gasteiger partial charge on any atom is -0.264 e. The van der Waals surface area contributed by atoms with E-state index in [9.17, 15) is 23.1 Å². The third kappa shape index (κ3) is 5.61. The molecule has 0 fully saturated rings. The van der Waals surface area contributed by atoms with E-state index < -0.39 is 38.1 Å². The van der Waals surface area contributed by atoms with Gasteiger partial charge in [-0.2, -0.15) is 8.78 Å². The van der Waals surface area contributed by atoms with Crippen LogP contribution in [0.25, 0.3) is 6.08 Å². The number of rotatable bonds is 7. The molecule has 1 N–H and O–H groups in total. The maximum absolute atomic E-state index is 14.1. The molecule has 0 bridgehead atoms. The van der Waals surface area contributed by atoms with E-state index in [0.717, 1.165) is 6.08 Å². The fourth-order valence-electron chi connectivity index (χ4n) is 1.69. The first-order chi connectivity index (χ1) is 10.9. The fourth-order valence-corrected chi connectivity index (χ4v) is 2.81. The summed E-state index contributed by atoms with van der Waals surface area (Å²) in [4.78, 5) is 10.0. The van der Waals surface area contributed by atoms with E-state index in [-0.39, 0.29) is 0 Å². The van der Waals surface area contributed by atoms with E-state index in [1.54, 1.807) is 51.1 Å². The van der Waals surface area contributed by atoms with E-state index in [4.69, 9.17) is 11.6 Å². The van der Waals surface area contributed by atoms with Gasteiger partial charge in [-0.1, -0.05) is 36.4 Å². The summed E-state index contributed by atoms with van der Waals surface area (Å²) < 4.78 is 41.7. The molecule has 1 rings (SSSR count). The summed E-state index contributed by atoms with van der Waals surface area (Å²) >= 11 is 5.17. The third-order valence-electron chi connectivity index (χ3n) is 3.08. The van der Waals surface area contributed by atoms with Gasteiger partial charge in [-0.15, -0.1) is 0 Å². The Kier molecular flexibility index (Phi) is 6.60. The highest BCUT2D eigenvalue weighted by molar-refractivity contribution is 7.84. The molecule has 0 saturated heterocycles. The lowest BCUT2D eigenvalue weighted by Gasteiger charge is -2.33. The monoisotopic (exact) mass is 380 g/mol. The zero-order chi connectivity index (χ0) is 18.6. The van der Waals surface area contributed by atoms with Crippen LogP contribution in [0.15, 0.2) is 36.4 Å².